The third-order valence-electron chi connectivity index (χ3n) is 3.28. The standard InChI is InChI=1S/C17H11NO2S/c1-21-16-9-15(20-17(19)14(16)10-18)13-7-6-11-4-2-3-5-12(11)8-13/h2-9H,1H3. The molecule has 0 N–H and O–H groups in total. The summed E-state index contributed by atoms with van der Waals surface area (Å²) < 4.78 is 5.29. The van der Waals surface area contributed by atoms with E-state index in [1.807, 2.05) is 54.8 Å². The lowest BCUT2D eigenvalue weighted by molar-refractivity contribution is 0.519. The summed E-state index contributed by atoms with van der Waals surface area (Å²) in [4.78, 5) is 12.5. The monoisotopic (exact) mass is 293 g/mol. The van der Waals surface area contributed by atoms with Crippen LogP contribution < -0.4 is 5.63 Å². The molecule has 0 fully saturated rings. The summed E-state index contributed by atoms with van der Waals surface area (Å²) in [6.45, 7) is 0. The Labute approximate surface area is 125 Å². The molecule has 0 amide bonds. The average Bonchev–Trinajstić information content (AvgIpc) is 2.53. The summed E-state index contributed by atoms with van der Waals surface area (Å²) in [5.74, 6) is 0.481. The molecule has 1 heterocycles. The normalized spacial score (nSPS) is 10.5. The zero-order valence-corrected chi connectivity index (χ0v) is 12.1. The lowest BCUT2D eigenvalue weighted by Gasteiger charge is -2.05. The summed E-state index contributed by atoms with van der Waals surface area (Å²) in [5, 5.41) is 11.2. The van der Waals surface area contributed by atoms with E-state index in [-0.39, 0.29) is 5.56 Å². The second-order valence-electron chi connectivity index (χ2n) is 4.52. The van der Waals surface area contributed by atoms with Crippen molar-refractivity contribution < 1.29 is 4.42 Å². The van der Waals surface area contributed by atoms with E-state index in [0.717, 1.165) is 16.3 Å². The lowest BCUT2D eigenvalue weighted by Crippen LogP contribution is -2.06. The molecule has 0 radical (unpaired) electrons. The third-order valence-corrected chi connectivity index (χ3v) is 4.04. The van der Waals surface area contributed by atoms with Crippen LogP contribution in [0.3, 0.4) is 0 Å². The first kappa shape index (κ1) is 13.5. The minimum Gasteiger partial charge on any atom is -0.422 e. The predicted octanol–water partition coefficient (Wildman–Crippen LogP) is 4.05. The van der Waals surface area contributed by atoms with E-state index >= 15 is 0 Å². The second kappa shape index (κ2) is 5.47. The Balaban J connectivity index is 2.21. The molecule has 0 aliphatic rings. The highest BCUT2D eigenvalue weighted by Crippen LogP contribution is 2.27. The van der Waals surface area contributed by atoms with Crippen molar-refractivity contribution in [3.63, 3.8) is 0 Å². The molecule has 4 heteroatoms. The maximum atomic E-state index is 11.9. The Kier molecular flexibility index (Phi) is 3.51. The fraction of sp³-hybridized carbons (Fsp3) is 0.0588. The molecule has 2 aromatic carbocycles. The van der Waals surface area contributed by atoms with Crippen molar-refractivity contribution in [2.45, 2.75) is 4.90 Å². The van der Waals surface area contributed by atoms with Gasteiger partial charge in [-0.2, -0.15) is 5.26 Å². The van der Waals surface area contributed by atoms with Gasteiger partial charge in [-0.15, -0.1) is 11.8 Å². The molecule has 3 nitrogen and oxygen atoms in total. The second-order valence-corrected chi connectivity index (χ2v) is 5.36. The Bertz CT molecular complexity index is 922. The van der Waals surface area contributed by atoms with Crippen LogP contribution in [0.15, 0.2) is 62.6 Å². The summed E-state index contributed by atoms with van der Waals surface area (Å²) >= 11 is 1.36. The highest BCUT2D eigenvalue weighted by molar-refractivity contribution is 7.98. The number of nitriles is 1. The molecule has 0 saturated carbocycles. The summed E-state index contributed by atoms with van der Waals surface area (Å²) in [7, 11) is 0. The Morgan fingerprint density at radius 2 is 1.86 bits per heavy atom. The van der Waals surface area contributed by atoms with E-state index < -0.39 is 5.63 Å². The van der Waals surface area contributed by atoms with Gasteiger partial charge in [0.15, 0.2) is 5.56 Å². The molecular formula is C17H11NO2S. The van der Waals surface area contributed by atoms with E-state index in [4.69, 9.17) is 9.68 Å². The molecule has 0 bridgehead atoms. The van der Waals surface area contributed by atoms with E-state index in [9.17, 15) is 4.79 Å². The fourth-order valence-electron chi connectivity index (χ4n) is 2.22. The number of nitrogens with zero attached hydrogens (tertiary/aromatic N) is 1. The zero-order valence-electron chi connectivity index (χ0n) is 11.3. The van der Waals surface area contributed by atoms with Crippen molar-refractivity contribution in [2.75, 3.05) is 6.26 Å². The topological polar surface area (TPSA) is 54.0 Å². The number of fused-ring (bicyclic) bond motifs is 1. The molecule has 0 aliphatic heterocycles. The SMILES string of the molecule is CSc1cc(-c2ccc3ccccc3c2)oc(=O)c1C#N. The number of hydrogen-bond donors (Lipinski definition) is 0. The minimum atomic E-state index is -0.590. The van der Waals surface area contributed by atoms with Crippen LogP contribution >= 0.6 is 11.8 Å². The van der Waals surface area contributed by atoms with Gasteiger partial charge in [-0.25, -0.2) is 4.79 Å². The van der Waals surface area contributed by atoms with Crippen LogP contribution in [0.5, 0.6) is 0 Å². The molecule has 21 heavy (non-hydrogen) atoms. The highest BCUT2D eigenvalue weighted by Gasteiger charge is 2.12. The number of thioether (sulfide) groups is 1. The summed E-state index contributed by atoms with van der Waals surface area (Å²) in [5.41, 5.74) is 0.296. The van der Waals surface area contributed by atoms with Crippen LogP contribution in [0.25, 0.3) is 22.1 Å². The maximum Gasteiger partial charge on any atom is 0.355 e. The van der Waals surface area contributed by atoms with E-state index in [1.165, 1.54) is 11.8 Å². The van der Waals surface area contributed by atoms with Crippen LogP contribution in [0.2, 0.25) is 0 Å². The number of rotatable bonds is 2. The smallest absolute Gasteiger partial charge is 0.355 e. The van der Waals surface area contributed by atoms with Gasteiger partial charge >= 0.3 is 5.63 Å². The molecule has 3 rings (SSSR count). The Morgan fingerprint density at radius 3 is 2.57 bits per heavy atom. The van der Waals surface area contributed by atoms with Gasteiger partial charge in [-0.3, -0.25) is 0 Å². The first-order valence-corrected chi connectivity index (χ1v) is 7.57. The summed E-state index contributed by atoms with van der Waals surface area (Å²) in [6.07, 6.45) is 1.83. The first-order chi connectivity index (χ1) is 10.2. The predicted molar refractivity (Wildman–Crippen MR) is 84.4 cm³/mol. The van der Waals surface area contributed by atoms with Crippen LogP contribution in [-0.2, 0) is 0 Å². The molecule has 3 aromatic rings. The highest BCUT2D eigenvalue weighted by atomic mass is 32.2. The van der Waals surface area contributed by atoms with Crippen molar-refractivity contribution in [3.05, 3.63) is 64.5 Å². The molecule has 0 unspecified atom stereocenters. The Morgan fingerprint density at radius 1 is 1.10 bits per heavy atom. The average molecular weight is 293 g/mol. The van der Waals surface area contributed by atoms with Gasteiger partial charge in [0.05, 0.1) is 0 Å². The molecule has 0 spiro atoms. The molecule has 0 saturated heterocycles. The van der Waals surface area contributed by atoms with Gasteiger partial charge < -0.3 is 4.42 Å². The van der Waals surface area contributed by atoms with E-state index in [1.54, 1.807) is 6.07 Å². The van der Waals surface area contributed by atoms with Crippen molar-refractivity contribution in [2.24, 2.45) is 0 Å². The van der Waals surface area contributed by atoms with Gasteiger partial charge in [-0.1, -0.05) is 36.4 Å². The third kappa shape index (κ3) is 2.44. The van der Waals surface area contributed by atoms with Gasteiger partial charge in [0.1, 0.15) is 11.8 Å². The van der Waals surface area contributed by atoms with Crippen LogP contribution in [0, 0.1) is 11.3 Å². The molecule has 0 aliphatic carbocycles. The van der Waals surface area contributed by atoms with Gasteiger partial charge in [0.2, 0.25) is 0 Å². The number of benzene rings is 2. The molecule has 102 valence electrons. The van der Waals surface area contributed by atoms with Gasteiger partial charge in [0.25, 0.3) is 0 Å². The van der Waals surface area contributed by atoms with Crippen LogP contribution in [0.4, 0.5) is 0 Å². The van der Waals surface area contributed by atoms with Crippen molar-refractivity contribution in [1.29, 1.82) is 5.26 Å². The molecular weight excluding hydrogens is 282 g/mol. The van der Waals surface area contributed by atoms with Crippen molar-refractivity contribution in [1.82, 2.24) is 0 Å². The Hall–Kier alpha value is -2.51. The van der Waals surface area contributed by atoms with Gasteiger partial charge in [-0.05, 0) is 29.2 Å². The van der Waals surface area contributed by atoms with Crippen molar-refractivity contribution in [3.8, 4) is 17.4 Å². The molecule has 1 aromatic heterocycles. The summed E-state index contributed by atoms with van der Waals surface area (Å²) in [6, 6.07) is 17.5. The van der Waals surface area contributed by atoms with Crippen LogP contribution in [-0.4, -0.2) is 6.26 Å². The van der Waals surface area contributed by atoms with E-state index in [0.29, 0.717) is 10.7 Å². The van der Waals surface area contributed by atoms with Gasteiger partial charge in [0, 0.05) is 10.5 Å². The zero-order chi connectivity index (χ0) is 14.8. The fourth-order valence-corrected chi connectivity index (χ4v) is 2.78. The lowest BCUT2D eigenvalue weighted by atomic mass is 10.1. The molecule has 0 atom stereocenters. The quantitative estimate of drug-likeness (QED) is 0.669. The largest absolute Gasteiger partial charge is 0.422 e. The minimum absolute atomic E-state index is 0.0621. The first-order valence-electron chi connectivity index (χ1n) is 6.34. The number of hydrogen-bond acceptors (Lipinski definition) is 4. The van der Waals surface area contributed by atoms with Crippen molar-refractivity contribution >= 4 is 22.5 Å². The van der Waals surface area contributed by atoms with E-state index in [2.05, 4.69) is 0 Å². The maximum absolute atomic E-state index is 11.9. The van der Waals surface area contributed by atoms with Crippen LogP contribution in [0.1, 0.15) is 5.56 Å².